The number of anilines is 1. The molecular weight excluding hydrogens is 240 g/mol. The van der Waals surface area contributed by atoms with Crippen LogP contribution in [0.5, 0.6) is 5.75 Å². The Morgan fingerprint density at radius 2 is 2.24 bits per heavy atom. The molecule has 1 aromatic carbocycles. The topological polar surface area (TPSA) is 72.6 Å². The number of hydrogen-bond donors (Lipinski definition) is 1. The Morgan fingerprint density at radius 3 is 2.88 bits per heavy atom. The lowest BCUT2D eigenvalue weighted by molar-refractivity contribution is 0.413. The molecule has 6 heteroatoms. The fourth-order valence-electron chi connectivity index (χ4n) is 1.98. The zero-order valence-electron chi connectivity index (χ0n) is 9.72. The zero-order chi connectivity index (χ0) is 12.5. The lowest BCUT2D eigenvalue weighted by Gasteiger charge is -2.30. The Morgan fingerprint density at radius 1 is 1.47 bits per heavy atom. The van der Waals surface area contributed by atoms with E-state index in [0.717, 1.165) is 5.69 Å². The molecule has 1 aliphatic rings. The summed E-state index contributed by atoms with van der Waals surface area (Å²) < 4.78 is 29.0. The Bertz CT molecular complexity index is 513. The lowest BCUT2D eigenvalue weighted by Crippen LogP contribution is -2.38. The van der Waals surface area contributed by atoms with Gasteiger partial charge < -0.3 is 15.4 Å². The molecule has 0 aliphatic carbocycles. The molecule has 2 N–H and O–H groups in total. The number of sulfone groups is 1. The molecule has 0 amide bonds. The molecule has 0 radical (unpaired) electrons. The second kappa shape index (κ2) is 4.54. The summed E-state index contributed by atoms with van der Waals surface area (Å²) in [6, 6.07) is 5.12. The first-order valence-corrected chi connectivity index (χ1v) is 7.09. The van der Waals surface area contributed by atoms with Gasteiger partial charge in [0.25, 0.3) is 0 Å². The normalized spacial score (nSPS) is 17.6. The molecule has 0 fully saturated rings. The van der Waals surface area contributed by atoms with Gasteiger partial charge in [0.2, 0.25) is 0 Å². The van der Waals surface area contributed by atoms with Crippen LogP contribution in [0.1, 0.15) is 0 Å². The van der Waals surface area contributed by atoms with E-state index in [-0.39, 0.29) is 5.75 Å². The number of fused-ring (bicyclic) bond motifs is 1. The minimum atomic E-state index is -3.19. The smallest absolute Gasteiger partial charge is 0.182 e. The maximum Gasteiger partial charge on any atom is 0.182 e. The van der Waals surface area contributed by atoms with E-state index in [1.54, 1.807) is 18.2 Å². The van der Waals surface area contributed by atoms with Crippen molar-refractivity contribution in [2.45, 2.75) is 4.90 Å². The van der Waals surface area contributed by atoms with Gasteiger partial charge in [0, 0.05) is 25.7 Å². The van der Waals surface area contributed by atoms with Crippen molar-refractivity contribution >= 4 is 15.5 Å². The molecule has 5 nitrogen and oxygen atoms in total. The molecule has 1 aliphatic heterocycles. The SMILES string of the molecule is COc1ccc2c(c1)S(=O)(=O)CCN2CCN. The van der Waals surface area contributed by atoms with Crippen LogP contribution in [0.15, 0.2) is 23.1 Å². The van der Waals surface area contributed by atoms with E-state index in [9.17, 15) is 8.42 Å². The van der Waals surface area contributed by atoms with Crippen molar-refractivity contribution in [3.63, 3.8) is 0 Å². The summed E-state index contributed by atoms with van der Waals surface area (Å²) in [7, 11) is -1.67. The molecule has 17 heavy (non-hydrogen) atoms. The highest BCUT2D eigenvalue weighted by molar-refractivity contribution is 7.91. The highest BCUT2D eigenvalue weighted by atomic mass is 32.2. The summed E-state index contributed by atoms with van der Waals surface area (Å²) in [6.07, 6.45) is 0. The van der Waals surface area contributed by atoms with Crippen LogP contribution in [0, 0.1) is 0 Å². The van der Waals surface area contributed by atoms with Crippen molar-refractivity contribution in [1.82, 2.24) is 0 Å². The first-order valence-electron chi connectivity index (χ1n) is 5.44. The number of nitrogens with zero attached hydrogens (tertiary/aromatic N) is 1. The third kappa shape index (κ3) is 2.23. The van der Waals surface area contributed by atoms with Gasteiger partial charge in [-0.15, -0.1) is 0 Å². The molecule has 2 rings (SSSR count). The monoisotopic (exact) mass is 256 g/mol. The van der Waals surface area contributed by atoms with Crippen LogP contribution in [0.2, 0.25) is 0 Å². The number of benzene rings is 1. The second-order valence-electron chi connectivity index (χ2n) is 3.93. The molecule has 0 aromatic heterocycles. The number of methoxy groups -OCH3 is 1. The number of hydrogen-bond acceptors (Lipinski definition) is 5. The van der Waals surface area contributed by atoms with Crippen LogP contribution in [0.3, 0.4) is 0 Å². The summed E-state index contributed by atoms with van der Waals surface area (Å²) in [6.45, 7) is 1.67. The Kier molecular flexibility index (Phi) is 3.26. The standard InChI is InChI=1S/C11H16N2O3S/c1-16-9-2-3-10-11(8-9)17(14,15)7-6-13(10)5-4-12/h2-3,8H,4-7,12H2,1H3. The summed E-state index contributed by atoms with van der Waals surface area (Å²) in [5.74, 6) is 0.689. The lowest BCUT2D eigenvalue weighted by atomic mass is 10.2. The Hall–Kier alpha value is -1.27. The highest BCUT2D eigenvalue weighted by Gasteiger charge is 2.28. The van der Waals surface area contributed by atoms with Gasteiger partial charge in [-0.1, -0.05) is 0 Å². The van der Waals surface area contributed by atoms with Crippen LogP contribution in [0.4, 0.5) is 5.69 Å². The van der Waals surface area contributed by atoms with E-state index in [0.29, 0.717) is 30.3 Å². The van der Waals surface area contributed by atoms with Crippen molar-refractivity contribution in [2.24, 2.45) is 5.73 Å². The minimum Gasteiger partial charge on any atom is -0.497 e. The summed E-state index contributed by atoms with van der Waals surface area (Å²) in [4.78, 5) is 2.34. The minimum absolute atomic E-state index is 0.132. The molecule has 0 spiro atoms. The number of rotatable bonds is 3. The average molecular weight is 256 g/mol. The van der Waals surface area contributed by atoms with E-state index in [1.807, 2.05) is 4.90 Å². The molecular formula is C11H16N2O3S. The Balaban J connectivity index is 2.51. The van der Waals surface area contributed by atoms with Crippen molar-refractivity contribution in [1.29, 1.82) is 0 Å². The van der Waals surface area contributed by atoms with Crippen molar-refractivity contribution in [3.05, 3.63) is 18.2 Å². The van der Waals surface area contributed by atoms with Crippen molar-refractivity contribution < 1.29 is 13.2 Å². The molecule has 1 aromatic rings. The third-order valence-corrected chi connectivity index (χ3v) is 4.59. The fourth-order valence-corrected chi connectivity index (χ4v) is 3.47. The van der Waals surface area contributed by atoms with E-state index < -0.39 is 9.84 Å². The molecule has 1 heterocycles. The third-order valence-electron chi connectivity index (χ3n) is 2.87. The van der Waals surface area contributed by atoms with Gasteiger partial charge >= 0.3 is 0 Å². The molecule has 0 unspecified atom stereocenters. The first kappa shape index (κ1) is 12.2. The van der Waals surface area contributed by atoms with E-state index in [2.05, 4.69) is 0 Å². The van der Waals surface area contributed by atoms with Gasteiger partial charge in [-0.25, -0.2) is 8.42 Å². The summed E-state index contributed by atoms with van der Waals surface area (Å²) in [5, 5.41) is 0. The second-order valence-corrected chi connectivity index (χ2v) is 6.01. The summed E-state index contributed by atoms with van der Waals surface area (Å²) in [5.41, 5.74) is 6.25. The maximum absolute atomic E-state index is 12.0. The van der Waals surface area contributed by atoms with Crippen LogP contribution in [-0.2, 0) is 9.84 Å². The van der Waals surface area contributed by atoms with Crippen LogP contribution in [-0.4, -0.2) is 40.9 Å². The highest BCUT2D eigenvalue weighted by Crippen LogP contribution is 2.33. The van der Waals surface area contributed by atoms with Gasteiger partial charge in [-0.3, -0.25) is 0 Å². The van der Waals surface area contributed by atoms with Crippen LogP contribution < -0.4 is 15.4 Å². The predicted octanol–water partition coefficient (Wildman–Crippen LogP) is 0.248. The molecule has 0 saturated carbocycles. The van der Waals surface area contributed by atoms with Gasteiger partial charge in [-0.05, 0) is 12.1 Å². The molecule has 0 atom stereocenters. The Labute approximate surface area is 101 Å². The molecule has 94 valence electrons. The van der Waals surface area contributed by atoms with Crippen molar-refractivity contribution in [3.8, 4) is 5.75 Å². The van der Waals surface area contributed by atoms with Crippen LogP contribution >= 0.6 is 0 Å². The summed E-state index contributed by atoms with van der Waals surface area (Å²) >= 11 is 0. The van der Waals surface area contributed by atoms with Gasteiger partial charge in [-0.2, -0.15) is 0 Å². The zero-order valence-corrected chi connectivity index (χ0v) is 10.5. The van der Waals surface area contributed by atoms with Gasteiger partial charge in [0.1, 0.15) is 5.75 Å². The van der Waals surface area contributed by atoms with E-state index in [1.165, 1.54) is 7.11 Å². The average Bonchev–Trinajstić information content (AvgIpc) is 2.33. The quantitative estimate of drug-likeness (QED) is 0.839. The van der Waals surface area contributed by atoms with Crippen molar-refractivity contribution in [2.75, 3.05) is 37.4 Å². The predicted molar refractivity (Wildman–Crippen MR) is 66.3 cm³/mol. The number of ether oxygens (including phenoxy) is 1. The van der Waals surface area contributed by atoms with E-state index in [4.69, 9.17) is 10.5 Å². The fraction of sp³-hybridized carbons (Fsp3) is 0.455. The largest absolute Gasteiger partial charge is 0.497 e. The van der Waals surface area contributed by atoms with Gasteiger partial charge in [0.15, 0.2) is 9.84 Å². The number of nitrogens with two attached hydrogens (primary N) is 1. The first-order chi connectivity index (χ1) is 8.08. The maximum atomic E-state index is 12.0. The molecule has 0 saturated heterocycles. The van der Waals surface area contributed by atoms with E-state index >= 15 is 0 Å². The van der Waals surface area contributed by atoms with Gasteiger partial charge in [0.05, 0.1) is 23.4 Å². The van der Waals surface area contributed by atoms with Crippen LogP contribution in [0.25, 0.3) is 0 Å². The molecule has 0 bridgehead atoms.